The first-order chi connectivity index (χ1) is 9.06. The highest BCUT2D eigenvalue weighted by Gasteiger charge is 2.06. The van der Waals surface area contributed by atoms with Gasteiger partial charge in [-0.05, 0) is 30.3 Å². The lowest BCUT2D eigenvalue weighted by molar-refractivity contribution is 0.0690. The fourth-order valence-electron chi connectivity index (χ4n) is 1.52. The SMILES string of the molecule is O=C(O)c1cccc(CNc2ccc(Br)cc2Cl)n1. The third-order valence-corrected chi connectivity index (χ3v) is 3.22. The van der Waals surface area contributed by atoms with E-state index < -0.39 is 5.97 Å². The van der Waals surface area contributed by atoms with Crippen molar-refractivity contribution in [1.29, 1.82) is 0 Å². The number of pyridine rings is 1. The molecule has 0 atom stereocenters. The Bertz CT molecular complexity index is 619. The van der Waals surface area contributed by atoms with Crippen LogP contribution >= 0.6 is 27.5 Å². The van der Waals surface area contributed by atoms with Gasteiger partial charge in [0.2, 0.25) is 0 Å². The molecule has 1 aromatic carbocycles. The molecule has 0 radical (unpaired) electrons. The fraction of sp³-hybridized carbons (Fsp3) is 0.0769. The van der Waals surface area contributed by atoms with Crippen LogP contribution in [-0.4, -0.2) is 16.1 Å². The lowest BCUT2D eigenvalue weighted by Gasteiger charge is -2.08. The molecule has 0 fully saturated rings. The number of benzene rings is 1. The molecule has 0 amide bonds. The molecule has 2 N–H and O–H groups in total. The quantitative estimate of drug-likeness (QED) is 0.888. The number of aromatic nitrogens is 1. The predicted molar refractivity (Wildman–Crippen MR) is 77.7 cm³/mol. The van der Waals surface area contributed by atoms with Crippen LogP contribution in [0.4, 0.5) is 5.69 Å². The summed E-state index contributed by atoms with van der Waals surface area (Å²) in [6, 6.07) is 10.4. The molecule has 98 valence electrons. The van der Waals surface area contributed by atoms with Crippen LogP contribution < -0.4 is 5.32 Å². The fourth-order valence-corrected chi connectivity index (χ4v) is 2.26. The summed E-state index contributed by atoms with van der Waals surface area (Å²) in [6.45, 7) is 0.405. The Labute approximate surface area is 123 Å². The highest BCUT2D eigenvalue weighted by Crippen LogP contribution is 2.25. The second kappa shape index (κ2) is 6.04. The predicted octanol–water partition coefficient (Wildman–Crippen LogP) is 3.81. The van der Waals surface area contributed by atoms with E-state index in [9.17, 15) is 4.79 Å². The maximum atomic E-state index is 10.8. The van der Waals surface area contributed by atoms with E-state index in [-0.39, 0.29) is 5.69 Å². The Morgan fingerprint density at radius 1 is 1.37 bits per heavy atom. The van der Waals surface area contributed by atoms with Crippen molar-refractivity contribution in [2.24, 2.45) is 0 Å². The third-order valence-electron chi connectivity index (χ3n) is 2.42. The number of aromatic carboxylic acids is 1. The van der Waals surface area contributed by atoms with E-state index >= 15 is 0 Å². The second-order valence-corrected chi connectivity index (χ2v) is 5.12. The van der Waals surface area contributed by atoms with Gasteiger partial charge in [0, 0.05) is 4.47 Å². The summed E-state index contributed by atoms with van der Waals surface area (Å²) in [5.74, 6) is -1.04. The lowest BCUT2D eigenvalue weighted by Crippen LogP contribution is -2.06. The Balaban J connectivity index is 2.10. The molecule has 0 aliphatic heterocycles. The highest BCUT2D eigenvalue weighted by atomic mass is 79.9. The molecule has 0 bridgehead atoms. The number of carboxylic acid groups (broad SMARTS) is 1. The number of anilines is 1. The van der Waals surface area contributed by atoms with Gasteiger partial charge >= 0.3 is 5.97 Å². The van der Waals surface area contributed by atoms with Crippen molar-refractivity contribution < 1.29 is 9.90 Å². The van der Waals surface area contributed by atoms with Crippen LogP contribution in [0.2, 0.25) is 5.02 Å². The van der Waals surface area contributed by atoms with Crippen molar-refractivity contribution in [3.05, 3.63) is 57.3 Å². The maximum Gasteiger partial charge on any atom is 0.354 e. The number of carboxylic acids is 1. The van der Waals surface area contributed by atoms with Crippen molar-refractivity contribution >= 4 is 39.2 Å². The van der Waals surface area contributed by atoms with E-state index in [2.05, 4.69) is 26.2 Å². The monoisotopic (exact) mass is 340 g/mol. The molecule has 6 heteroatoms. The third kappa shape index (κ3) is 3.68. The van der Waals surface area contributed by atoms with Crippen LogP contribution in [0.5, 0.6) is 0 Å². The van der Waals surface area contributed by atoms with E-state index in [1.54, 1.807) is 18.2 Å². The van der Waals surface area contributed by atoms with Crippen LogP contribution in [0.15, 0.2) is 40.9 Å². The van der Waals surface area contributed by atoms with E-state index in [0.29, 0.717) is 17.3 Å². The van der Waals surface area contributed by atoms with Crippen molar-refractivity contribution in [3.8, 4) is 0 Å². The van der Waals surface area contributed by atoms with E-state index in [1.807, 2.05) is 12.1 Å². The minimum absolute atomic E-state index is 0.0289. The van der Waals surface area contributed by atoms with Crippen LogP contribution in [0, 0.1) is 0 Å². The summed E-state index contributed by atoms with van der Waals surface area (Å²) < 4.78 is 0.897. The number of hydrogen-bond donors (Lipinski definition) is 2. The average molecular weight is 342 g/mol. The minimum Gasteiger partial charge on any atom is -0.477 e. The average Bonchev–Trinajstić information content (AvgIpc) is 2.38. The van der Waals surface area contributed by atoms with Gasteiger partial charge in [-0.25, -0.2) is 9.78 Å². The molecule has 1 aromatic heterocycles. The number of carbonyl (C=O) groups is 1. The summed E-state index contributed by atoms with van der Waals surface area (Å²) in [5, 5.41) is 12.6. The van der Waals surface area contributed by atoms with Crippen molar-refractivity contribution in [1.82, 2.24) is 4.98 Å². The van der Waals surface area contributed by atoms with Gasteiger partial charge in [0.25, 0.3) is 0 Å². The summed E-state index contributed by atoms with van der Waals surface area (Å²) in [7, 11) is 0. The van der Waals surface area contributed by atoms with Gasteiger partial charge in [-0.2, -0.15) is 0 Å². The van der Waals surface area contributed by atoms with Crippen LogP contribution in [0.25, 0.3) is 0 Å². The number of rotatable bonds is 4. The largest absolute Gasteiger partial charge is 0.477 e. The second-order valence-electron chi connectivity index (χ2n) is 3.80. The van der Waals surface area contributed by atoms with Crippen molar-refractivity contribution in [2.75, 3.05) is 5.32 Å². The molecule has 1 heterocycles. The first-order valence-electron chi connectivity index (χ1n) is 5.44. The van der Waals surface area contributed by atoms with E-state index in [4.69, 9.17) is 16.7 Å². The summed E-state index contributed by atoms with van der Waals surface area (Å²) >= 11 is 9.40. The number of nitrogens with zero attached hydrogens (tertiary/aromatic N) is 1. The van der Waals surface area contributed by atoms with Crippen molar-refractivity contribution in [2.45, 2.75) is 6.54 Å². The van der Waals surface area contributed by atoms with Gasteiger partial charge in [-0.3, -0.25) is 0 Å². The number of halogens is 2. The van der Waals surface area contributed by atoms with Gasteiger partial charge in [-0.15, -0.1) is 0 Å². The van der Waals surface area contributed by atoms with Gasteiger partial charge in [0.15, 0.2) is 0 Å². The molecule has 0 saturated heterocycles. The summed E-state index contributed by atoms with van der Waals surface area (Å²) in [6.07, 6.45) is 0. The first-order valence-corrected chi connectivity index (χ1v) is 6.61. The molecule has 0 unspecified atom stereocenters. The van der Waals surface area contributed by atoms with E-state index in [0.717, 1.165) is 10.2 Å². The van der Waals surface area contributed by atoms with Gasteiger partial charge in [-0.1, -0.05) is 33.6 Å². The smallest absolute Gasteiger partial charge is 0.354 e. The minimum atomic E-state index is -1.04. The molecule has 19 heavy (non-hydrogen) atoms. The van der Waals surface area contributed by atoms with Gasteiger partial charge < -0.3 is 10.4 Å². The molecule has 2 rings (SSSR count). The summed E-state index contributed by atoms with van der Waals surface area (Å²) in [5.41, 5.74) is 1.44. The van der Waals surface area contributed by atoms with Crippen LogP contribution in [0.3, 0.4) is 0 Å². The molecule has 2 aromatic rings. The Morgan fingerprint density at radius 3 is 2.84 bits per heavy atom. The number of hydrogen-bond acceptors (Lipinski definition) is 3. The maximum absolute atomic E-state index is 10.8. The molecule has 0 saturated carbocycles. The van der Waals surface area contributed by atoms with Crippen LogP contribution in [-0.2, 0) is 6.54 Å². The Morgan fingerprint density at radius 2 is 2.16 bits per heavy atom. The van der Waals surface area contributed by atoms with Crippen LogP contribution in [0.1, 0.15) is 16.2 Å². The summed E-state index contributed by atoms with van der Waals surface area (Å²) in [4.78, 5) is 14.8. The lowest BCUT2D eigenvalue weighted by atomic mass is 10.2. The molecule has 0 aliphatic carbocycles. The zero-order valence-corrected chi connectivity index (χ0v) is 12.1. The Hall–Kier alpha value is -1.59. The molecule has 0 spiro atoms. The first kappa shape index (κ1) is 13.8. The van der Waals surface area contributed by atoms with Gasteiger partial charge in [0.05, 0.1) is 22.9 Å². The number of nitrogens with one attached hydrogen (secondary N) is 1. The van der Waals surface area contributed by atoms with Gasteiger partial charge in [0.1, 0.15) is 5.69 Å². The normalized spacial score (nSPS) is 10.2. The molecule has 4 nitrogen and oxygen atoms in total. The molecular formula is C13H10BrClN2O2. The van der Waals surface area contributed by atoms with Crippen molar-refractivity contribution in [3.63, 3.8) is 0 Å². The standard InChI is InChI=1S/C13H10BrClN2O2/c14-8-4-5-11(10(15)6-8)16-7-9-2-1-3-12(17-9)13(18)19/h1-6,16H,7H2,(H,18,19). The topological polar surface area (TPSA) is 62.2 Å². The molecular weight excluding hydrogens is 332 g/mol. The Kier molecular flexibility index (Phi) is 4.39. The zero-order valence-electron chi connectivity index (χ0n) is 9.73. The van der Waals surface area contributed by atoms with E-state index in [1.165, 1.54) is 6.07 Å². The zero-order chi connectivity index (χ0) is 13.8. The highest BCUT2D eigenvalue weighted by molar-refractivity contribution is 9.10. The molecule has 0 aliphatic rings.